The third-order valence-corrected chi connectivity index (χ3v) is 4.33. The lowest BCUT2D eigenvalue weighted by atomic mass is 9.84. The van der Waals surface area contributed by atoms with Crippen molar-refractivity contribution in [2.45, 2.75) is 84.3 Å². The van der Waals surface area contributed by atoms with Gasteiger partial charge in [-0.05, 0) is 31.6 Å². The minimum absolute atomic E-state index is 0.0977. The van der Waals surface area contributed by atoms with E-state index in [9.17, 15) is 4.79 Å². The first-order valence-corrected chi connectivity index (χ1v) is 9.56. The van der Waals surface area contributed by atoms with Crippen molar-refractivity contribution in [3.05, 3.63) is 0 Å². The van der Waals surface area contributed by atoms with Crippen LogP contribution in [0.5, 0.6) is 0 Å². The van der Waals surface area contributed by atoms with Crippen molar-refractivity contribution >= 4 is 5.78 Å². The van der Waals surface area contributed by atoms with E-state index in [1.54, 1.807) is 0 Å². The lowest BCUT2D eigenvalue weighted by Crippen LogP contribution is -2.46. The summed E-state index contributed by atoms with van der Waals surface area (Å²) in [5.41, 5.74) is 0. The van der Waals surface area contributed by atoms with E-state index in [1.165, 1.54) is 0 Å². The van der Waals surface area contributed by atoms with Crippen LogP contribution in [0.25, 0.3) is 0 Å². The van der Waals surface area contributed by atoms with E-state index in [-0.39, 0.29) is 23.9 Å². The summed E-state index contributed by atoms with van der Waals surface area (Å²) in [5, 5.41) is 0. The Balaban J connectivity index is 2.48. The summed E-state index contributed by atoms with van der Waals surface area (Å²) in [5.74, 6) is 0.468. The molecule has 0 aromatic carbocycles. The largest absolute Gasteiger partial charge is 0.381 e. The zero-order valence-electron chi connectivity index (χ0n) is 15.4. The van der Waals surface area contributed by atoms with E-state index < -0.39 is 0 Å². The number of ether oxygens (including phenoxy) is 3. The van der Waals surface area contributed by atoms with Crippen LogP contribution in [-0.4, -0.2) is 44.4 Å². The average Bonchev–Trinajstić information content (AvgIpc) is 2.54. The van der Waals surface area contributed by atoms with Crippen molar-refractivity contribution < 1.29 is 19.0 Å². The van der Waals surface area contributed by atoms with Crippen LogP contribution in [0, 0.1) is 5.92 Å². The third-order valence-electron chi connectivity index (χ3n) is 4.33. The van der Waals surface area contributed by atoms with Crippen LogP contribution >= 0.6 is 0 Å². The Morgan fingerprint density at radius 3 is 2.17 bits per heavy atom. The highest BCUT2D eigenvalue weighted by atomic mass is 16.5. The molecule has 0 amide bonds. The van der Waals surface area contributed by atoms with Gasteiger partial charge in [-0.25, -0.2) is 0 Å². The molecular weight excluding hydrogens is 292 g/mol. The molecule has 136 valence electrons. The number of carbonyl (C=O) groups excluding carboxylic acids is 1. The number of carbonyl (C=O) groups is 1. The van der Waals surface area contributed by atoms with Gasteiger partial charge >= 0.3 is 0 Å². The summed E-state index contributed by atoms with van der Waals surface area (Å²) in [6.45, 7) is 9.26. The highest BCUT2D eigenvalue weighted by Gasteiger charge is 2.38. The van der Waals surface area contributed by atoms with Gasteiger partial charge in [-0.15, -0.1) is 0 Å². The third kappa shape index (κ3) is 8.27. The van der Waals surface area contributed by atoms with Gasteiger partial charge in [0, 0.05) is 32.8 Å². The van der Waals surface area contributed by atoms with Gasteiger partial charge in [0.15, 0.2) is 5.78 Å². The zero-order valence-corrected chi connectivity index (χ0v) is 15.4. The van der Waals surface area contributed by atoms with Crippen LogP contribution in [0.1, 0.15) is 72.1 Å². The maximum absolute atomic E-state index is 12.5. The first kappa shape index (κ1) is 20.6. The molecule has 1 fully saturated rings. The van der Waals surface area contributed by atoms with Gasteiger partial charge in [0.1, 0.15) is 6.10 Å². The Morgan fingerprint density at radius 1 is 0.913 bits per heavy atom. The molecule has 0 saturated heterocycles. The first-order chi connectivity index (χ1) is 11.2. The molecule has 23 heavy (non-hydrogen) atoms. The van der Waals surface area contributed by atoms with Crippen molar-refractivity contribution in [2.75, 3.05) is 26.4 Å². The van der Waals surface area contributed by atoms with Gasteiger partial charge in [0.2, 0.25) is 0 Å². The smallest absolute Gasteiger partial charge is 0.164 e. The maximum atomic E-state index is 12.5. The number of ketones is 1. The van der Waals surface area contributed by atoms with Gasteiger partial charge in [0.05, 0.1) is 6.10 Å². The molecule has 0 bridgehead atoms. The molecule has 3 atom stereocenters. The van der Waals surface area contributed by atoms with Crippen molar-refractivity contribution in [3.63, 3.8) is 0 Å². The summed E-state index contributed by atoms with van der Waals surface area (Å²) < 4.78 is 17.6. The Labute approximate surface area is 142 Å². The van der Waals surface area contributed by atoms with E-state index in [2.05, 4.69) is 20.8 Å². The molecule has 1 saturated carbocycles. The molecule has 1 rings (SSSR count). The second kappa shape index (κ2) is 12.9. The first-order valence-electron chi connectivity index (χ1n) is 9.56. The van der Waals surface area contributed by atoms with Crippen molar-refractivity contribution in [2.24, 2.45) is 5.92 Å². The van der Waals surface area contributed by atoms with Gasteiger partial charge < -0.3 is 14.2 Å². The fraction of sp³-hybridized carbons (Fsp3) is 0.947. The highest BCUT2D eigenvalue weighted by molar-refractivity contribution is 5.84. The Bertz CT molecular complexity index is 306. The number of rotatable bonds is 13. The second-order valence-electron chi connectivity index (χ2n) is 6.61. The Morgan fingerprint density at radius 2 is 1.52 bits per heavy atom. The molecule has 0 radical (unpaired) electrons. The van der Waals surface area contributed by atoms with Crippen LogP contribution in [0.2, 0.25) is 0 Å². The summed E-state index contributed by atoms with van der Waals surface area (Å²) in [6.07, 6.45) is 7.40. The molecule has 0 heterocycles. The average molecular weight is 328 g/mol. The zero-order chi connectivity index (χ0) is 16.9. The molecule has 0 aromatic heterocycles. The van der Waals surface area contributed by atoms with Crippen LogP contribution < -0.4 is 0 Å². The normalized spacial score (nSPS) is 25.0. The summed E-state index contributed by atoms with van der Waals surface area (Å²) in [7, 11) is 0. The fourth-order valence-electron chi connectivity index (χ4n) is 2.86. The molecule has 1 aliphatic rings. The van der Waals surface area contributed by atoms with Crippen LogP contribution in [-0.2, 0) is 19.0 Å². The lowest BCUT2D eigenvalue weighted by molar-refractivity contribution is -0.154. The molecule has 4 nitrogen and oxygen atoms in total. The SMILES string of the molecule is CCCCOC[C@H]1CC(=O)[C@H](OCCCC)[C@@H](OCCCC)C1. The van der Waals surface area contributed by atoms with Crippen LogP contribution in [0.4, 0.5) is 0 Å². The highest BCUT2D eigenvalue weighted by Crippen LogP contribution is 2.27. The van der Waals surface area contributed by atoms with E-state index in [4.69, 9.17) is 14.2 Å². The van der Waals surface area contributed by atoms with E-state index in [1.807, 2.05) is 0 Å². The predicted molar refractivity (Wildman–Crippen MR) is 92.8 cm³/mol. The van der Waals surface area contributed by atoms with Gasteiger partial charge in [0.25, 0.3) is 0 Å². The topological polar surface area (TPSA) is 44.8 Å². The minimum atomic E-state index is -0.370. The molecule has 0 unspecified atom stereocenters. The maximum Gasteiger partial charge on any atom is 0.164 e. The number of Topliss-reactive ketones (excluding diaryl/α,β-unsaturated/α-hetero) is 1. The molecule has 0 spiro atoms. The summed E-state index contributed by atoms with van der Waals surface area (Å²) in [6, 6.07) is 0. The predicted octanol–water partition coefficient (Wildman–Crippen LogP) is 4.15. The van der Waals surface area contributed by atoms with Crippen molar-refractivity contribution in [3.8, 4) is 0 Å². The molecule has 4 heteroatoms. The molecular formula is C19H36O4. The molecule has 0 aliphatic heterocycles. The van der Waals surface area contributed by atoms with Gasteiger partial charge in [-0.2, -0.15) is 0 Å². The van der Waals surface area contributed by atoms with Crippen LogP contribution in [0.3, 0.4) is 0 Å². The lowest BCUT2D eigenvalue weighted by Gasteiger charge is -2.34. The Kier molecular flexibility index (Phi) is 11.6. The summed E-state index contributed by atoms with van der Waals surface area (Å²) in [4.78, 5) is 12.5. The quantitative estimate of drug-likeness (QED) is 0.476. The molecule has 1 aliphatic carbocycles. The second-order valence-corrected chi connectivity index (χ2v) is 6.61. The number of hydrogen-bond acceptors (Lipinski definition) is 4. The van der Waals surface area contributed by atoms with Gasteiger partial charge in [-0.1, -0.05) is 40.0 Å². The van der Waals surface area contributed by atoms with Crippen LogP contribution in [0.15, 0.2) is 0 Å². The Hall–Kier alpha value is -0.450. The van der Waals surface area contributed by atoms with E-state index in [0.717, 1.165) is 51.6 Å². The number of hydrogen-bond donors (Lipinski definition) is 0. The van der Waals surface area contributed by atoms with E-state index >= 15 is 0 Å². The van der Waals surface area contributed by atoms with Crippen molar-refractivity contribution in [1.82, 2.24) is 0 Å². The standard InChI is InChI=1S/C19H36O4/c1-4-7-10-21-15-16-13-17(20)19(23-12-9-6-3)18(14-16)22-11-8-5-2/h16,18-19H,4-15H2,1-3H3/t16-,18-,19-/m0/s1. The minimum Gasteiger partial charge on any atom is -0.381 e. The number of unbranched alkanes of at least 4 members (excludes halogenated alkanes) is 3. The molecule has 0 aromatic rings. The van der Waals surface area contributed by atoms with Gasteiger partial charge in [-0.3, -0.25) is 4.79 Å². The molecule has 0 N–H and O–H groups in total. The van der Waals surface area contributed by atoms with E-state index in [0.29, 0.717) is 26.2 Å². The summed E-state index contributed by atoms with van der Waals surface area (Å²) >= 11 is 0. The monoisotopic (exact) mass is 328 g/mol. The fourth-order valence-corrected chi connectivity index (χ4v) is 2.86. The van der Waals surface area contributed by atoms with Crippen molar-refractivity contribution in [1.29, 1.82) is 0 Å².